The van der Waals surface area contributed by atoms with Crippen LogP contribution in [0.3, 0.4) is 0 Å². The van der Waals surface area contributed by atoms with Crippen molar-refractivity contribution in [3.8, 4) is 0 Å². The molecule has 0 radical (unpaired) electrons. The highest BCUT2D eigenvalue weighted by atomic mass is 16.3. The molecule has 1 N–H and O–H groups in total. The first-order valence-corrected chi connectivity index (χ1v) is 7.87. The fourth-order valence-electron chi connectivity index (χ4n) is 4.88. The van der Waals surface area contributed by atoms with Crippen LogP contribution in [0.15, 0.2) is 0 Å². The molecular weight excluding hydrogens is 208 g/mol. The van der Waals surface area contributed by atoms with Gasteiger partial charge in [0.15, 0.2) is 0 Å². The molecule has 2 bridgehead atoms. The van der Waals surface area contributed by atoms with Crippen molar-refractivity contribution >= 4 is 0 Å². The Balaban J connectivity index is 1.59. The largest absolute Gasteiger partial charge is 0.390 e. The van der Waals surface area contributed by atoms with E-state index >= 15 is 0 Å². The van der Waals surface area contributed by atoms with E-state index in [1.54, 1.807) is 0 Å². The summed E-state index contributed by atoms with van der Waals surface area (Å²) in [5, 5.41) is 10.9. The van der Waals surface area contributed by atoms with E-state index in [1.807, 2.05) is 0 Å². The maximum absolute atomic E-state index is 10.9. The Morgan fingerprint density at radius 3 is 2.65 bits per heavy atom. The normalized spacial score (nSPS) is 50.5. The summed E-state index contributed by atoms with van der Waals surface area (Å²) in [6, 6.07) is 0. The number of fused-ring (bicyclic) bond motifs is 2. The Hall–Kier alpha value is -0.0400. The molecule has 1 heteroatoms. The SMILES string of the molecule is CC1CCCC(O)(CC2CC3CCC2C3)CC1. The van der Waals surface area contributed by atoms with Crippen molar-refractivity contribution in [2.75, 3.05) is 0 Å². The molecule has 3 aliphatic rings. The lowest BCUT2D eigenvalue weighted by atomic mass is 9.77. The van der Waals surface area contributed by atoms with Crippen molar-refractivity contribution in [3.05, 3.63) is 0 Å². The summed E-state index contributed by atoms with van der Waals surface area (Å²) in [4.78, 5) is 0. The summed E-state index contributed by atoms with van der Waals surface area (Å²) < 4.78 is 0. The Morgan fingerprint density at radius 1 is 1.06 bits per heavy atom. The predicted octanol–water partition coefficient (Wildman–Crippen LogP) is 4.14. The summed E-state index contributed by atoms with van der Waals surface area (Å²) in [7, 11) is 0. The highest BCUT2D eigenvalue weighted by Gasteiger charge is 2.43. The van der Waals surface area contributed by atoms with Crippen molar-refractivity contribution in [2.24, 2.45) is 23.7 Å². The van der Waals surface area contributed by atoms with Crippen molar-refractivity contribution in [2.45, 2.75) is 76.7 Å². The quantitative estimate of drug-likeness (QED) is 0.714. The maximum atomic E-state index is 10.9. The average Bonchev–Trinajstić information content (AvgIpc) is 2.84. The summed E-state index contributed by atoms with van der Waals surface area (Å²) in [5.74, 6) is 3.71. The summed E-state index contributed by atoms with van der Waals surface area (Å²) in [5.41, 5.74) is -0.292. The molecular formula is C16H28O. The maximum Gasteiger partial charge on any atom is 0.0650 e. The van der Waals surface area contributed by atoms with Gasteiger partial charge < -0.3 is 5.11 Å². The van der Waals surface area contributed by atoms with Gasteiger partial charge in [-0.3, -0.25) is 0 Å². The van der Waals surface area contributed by atoms with Crippen LogP contribution in [-0.2, 0) is 0 Å². The third-order valence-electron chi connectivity index (χ3n) is 5.97. The third-order valence-corrected chi connectivity index (χ3v) is 5.97. The van der Waals surface area contributed by atoms with Crippen molar-refractivity contribution in [1.82, 2.24) is 0 Å². The summed E-state index contributed by atoms with van der Waals surface area (Å²) >= 11 is 0. The molecule has 0 saturated heterocycles. The van der Waals surface area contributed by atoms with Gasteiger partial charge in [-0.05, 0) is 68.6 Å². The molecule has 0 aromatic rings. The first-order valence-electron chi connectivity index (χ1n) is 7.87. The molecule has 5 atom stereocenters. The van der Waals surface area contributed by atoms with Crippen molar-refractivity contribution in [3.63, 3.8) is 0 Å². The molecule has 3 fully saturated rings. The van der Waals surface area contributed by atoms with Crippen LogP contribution in [0.5, 0.6) is 0 Å². The molecule has 5 unspecified atom stereocenters. The van der Waals surface area contributed by atoms with Gasteiger partial charge in [0.25, 0.3) is 0 Å². The fourth-order valence-corrected chi connectivity index (χ4v) is 4.88. The van der Waals surface area contributed by atoms with Crippen LogP contribution in [0, 0.1) is 23.7 Å². The van der Waals surface area contributed by atoms with Crippen LogP contribution >= 0.6 is 0 Å². The predicted molar refractivity (Wildman–Crippen MR) is 70.8 cm³/mol. The number of aliphatic hydroxyl groups is 1. The molecule has 0 amide bonds. The zero-order valence-corrected chi connectivity index (χ0v) is 11.3. The van der Waals surface area contributed by atoms with Gasteiger partial charge in [0.1, 0.15) is 0 Å². The molecule has 0 heterocycles. The molecule has 0 spiro atoms. The second-order valence-corrected chi connectivity index (χ2v) is 7.40. The molecule has 0 aromatic heterocycles. The van der Waals surface area contributed by atoms with Gasteiger partial charge in [0.05, 0.1) is 5.60 Å². The molecule has 0 aromatic carbocycles. The molecule has 0 aliphatic heterocycles. The van der Waals surface area contributed by atoms with Crippen molar-refractivity contribution < 1.29 is 5.11 Å². The van der Waals surface area contributed by atoms with Gasteiger partial charge in [-0.2, -0.15) is 0 Å². The summed E-state index contributed by atoms with van der Waals surface area (Å²) in [6.07, 6.45) is 13.0. The van der Waals surface area contributed by atoms with Gasteiger partial charge in [0.2, 0.25) is 0 Å². The Bertz CT molecular complexity index is 275. The first-order chi connectivity index (χ1) is 8.15. The average molecular weight is 236 g/mol. The van der Waals surface area contributed by atoms with E-state index in [9.17, 15) is 5.11 Å². The molecule has 1 nitrogen and oxygen atoms in total. The Morgan fingerprint density at radius 2 is 1.94 bits per heavy atom. The van der Waals surface area contributed by atoms with Crippen LogP contribution in [0.2, 0.25) is 0 Å². The summed E-state index contributed by atoms with van der Waals surface area (Å²) in [6.45, 7) is 2.35. The van der Waals surface area contributed by atoms with Crippen LogP contribution < -0.4 is 0 Å². The Labute approximate surface area is 106 Å². The van der Waals surface area contributed by atoms with Gasteiger partial charge in [0, 0.05) is 0 Å². The lowest BCUT2D eigenvalue weighted by molar-refractivity contribution is -0.00714. The number of hydrogen-bond acceptors (Lipinski definition) is 1. The zero-order valence-electron chi connectivity index (χ0n) is 11.3. The van der Waals surface area contributed by atoms with E-state index in [4.69, 9.17) is 0 Å². The highest BCUT2D eigenvalue weighted by molar-refractivity contribution is 4.94. The number of hydrogen-bond donors (Lipinski definition) is 1. The van der Waals surface area contributed by atoms with Crippen LogP contribution in [0.4, 0.5) is 0 Å². The molecule has 3 saturated carbocycles. The molecule has 3 aliphatic carbocycles. The van der Waals surface area contributed by atoms with E-state index in [2.05, 4.69) is 6.92 Å². The van der Waals surface area contributed by atoms with Crippen LogP contribution in [0.25, 0.3) is 0 Å². The van der Waals surface area contributed by atoms with Gasteiger partial charge in [-0.25, -0.2) is 0 Å². The zero-order chi connectivity index (χ0) is 11.9. The topological polar surface area (TPSA) is 20.2 Å². The Kier molecular flexibility index (Phi) is 3.23. The van der Waals surface area contributed by atoms with E-state index in [0.29, 0.717) is 0 Å². The van der Waals surface area contributed by atoms with Gasteiger partial charge in [-0.15, -0.1) is 0 Å². The van der Waals surface area contributed by atoms with Crippen LogP contribution in [-0.4, -0.2) is 10.7 Å². The smallest absolute Gasteiger partial charge is 0.0650 e. The molecule has 17 heavy (non-hydrogen) atoms. The van der Waals surface area contributed by atoms with Crippen molar-refractivity contribution in [1.29, 1.82) is 0 Å². The second-order valence-electron chi connectivity index (χ2n) is 7.40. The molecule has 3 rings (SSSR count). The fraction of sp³-hybridized carbons (Fsp3) is 1.00. The van der Waals surface area contributed by atoms with Gasteiger partial charge >= 0.3 is 0 Å². The minimum Gasteiger partial charge on any atom is -0.390 e. The van der Waals surface area contributed by atoms with Crippen LogP contribution in [0.1, 0.15) is 71.1 Å². The van der Waals surface area contributed by atoms with E-state index in [-0.39, 0.29) is 5.60 Å². The minimum absolute atomic E-state index is 0.292. The van der Waals surface area contributed by atoms with E-state index < -0.39 is 0 Å². The number of rotatable bonds is 2. The third kappa shape index (κ3) is 2.54. The van der Waals surface area contributed by atoms with E-state index in [1.165, 1.54) is 44.9 Å². The first kappa shape index (κ1) is 12.0. The standard InChI is InChI=1S/C16H28O/c1-12-3-2-7-16(17,8-6-12)11-15-10-13-4-5-14(15)9-13/h12-15,17H,2-11H2,1H3. The minimum atomic E-state index is -0.292. The van der Waals surface area contributed by atoms with Gasteiger partial charge in [-0.1, -0.05) is 26.2 Å². The highest BCUT2D eigenvalue weighted by Crippen LogP contribution is 2.52. The monoisotopic (exact) mass is 236 g/mol. The second kappa shape index (κ2) is 4.57. The lowest BCUT2D eigenvalue weighted by Gasteiger charge is -2.33. The lowest BCUT2D eigenvalue weighted by Crippen LogP contribution is -2.32. The van der Waals surface area contributed by atoms with E-state index in [0.717, 1.165) is 42.9 Å². The molecule has 98 valence electrons.